The third-order valence-corrected chi connectivity index (χ3v) is 4.24. The van der Waals surface area contributed by atoms with Gasteiger partial charge in [0.15, 0.2) is 0 Å². The van der Waals surface area contributed by atoms with Crippen molar-refractivity contribution in [3.05, 3.63) is 70.9 Å². The van der Waals surface area contributed by atoms with E-state index in [2.05, 4.69) is 15.6 Å². The number of carbonyl (C=O) groups excluding carboxylic acids is 2. The third kappa shape index (κ3) is 3.72. The number of anilines is 1. The molecule has 3 aromatic rings. The summed E-state index contributed by atoms with van der Waals surface area (Å²) >= 11 is 0. The van der Waals surface area contributed by atoms with Crippen LogP contribution in [0.25, 0.3) is 10.9 Å². The highest BCUT2D eigenvalue weighted by atomic mass is 16.2. The average Bonchev–Trinajstić information content (AvgIpc) is 2.62. The molecule has 0 bridgehead atoms. The van der Waals surface area contributed by atoms with E-state index in [9.17, 15) is 9.59 Å². The second-order valence-electron chi connectivity index (χ2n) is 6.33. The minimum atomic E-state index is -0.289. The smallest absolute Gasteiger partial charge is 0.252 e. The average molecular weight is 347 g/mol. The topological polar surface area (TPSA) is 71.1 Å². The van der Waals surface area contributed by atoms with Crippen LogP contribution in [0.4, 0.5) is 5.69 Å². The first-order valence-electron chi connectivity index (χ1n) is 8.46. The molecule has 2 aromatic carbocycles. The Labute approximate surface area is 152 Å². The van der Waals surface area contributed by atoms with Crippen LogP contribution in [-0.4, -0.2) is 23.3 Å². The molecule has 26 heavy (non-hydrogen) atoms. The summed E-state index contributed by atoms with van der Waals surface area (Å²) in [5, 5.41) is 6.34. The van der Waals surface area contributed by atoms with Gasteiger partial charge in [-0.05, 0) is 44.0 Å². The van der Waals surface area contributed by atoms with Crippen molar-refractivity contribution in [3.63, 3.8) is 0 Å². The number of aromatic nitrogens is 1. The molecule has 132 valence electrons. The van der Waals surface area contributed by atoms with E-state index in [1.54, 1.807) is 6.07 Å². The van der Waals surface area contributed by atoms with Gasteiger partial charge in [-0.2, -0.15) is 0 Å². The largest absolute Gasteiger partial charge is 0.343 e. The van der Waals surface area contributed by atoms with E-state index in [0.717, 1.165) is 33.4 Å². The van der Waals surface area contributed by atoms with Gasteiger partial charge in [-0.1, -0.05) is 36.4 Å². The summed E-state index contributed by atoms with van der Waals surface area (Å²) in [4.78, 5) is 29.3. The molecule has 2 amide bonds. The summed E-state index contributed by atoms with van der Waals surface area (Å²) < 4.78 is 0. The fraction of sp³-hybridized carbons (Fsp3) is 0.190. The number of nitrogens with one attached hydrogen (secondary N) is 2. The molecule has 2 N–H and O–H groups in total. The quantitative estimate of drug-likeness (QED) is 0.758. The summed E-state index contributed by atoms with van der Waals surface area (Å²) in [5.41, 5.74) is 4.80. The number of pyridine rings is 1. The molecule has 0 spiro atoms. The molecule has 0 fully saturated rings. The Morgan fingerprint density at radius 1 is 0.962 bits per heavy atom. The van der Waals surface area contributed by atoms with Crippen molar-refractivity contribution in [2.75, 3.05) is 11.9 Å². The monoisotopic (exact) mass is 347 g/mol. The van der Waals surface area contributed by atoms with Crippen LogP contribution in [0.3, 0.4) is 0 Å². The maximum atomic E-state index is 12.6. The van der Waals surface area contributed by atoms with E-state index in [-0.39, 0.29) is 18.4 Å². The summed E-state index contributed by atoms with van der Waals surface area (Å²) in [7, 11) is 0. The van der Waals surface area contributed by atoms with Crippen molar-refractivity contribution in [1.82, 2.24) is 10.3 Å². The highest BCUT2D eigenvalue weighted by Gasteiger charge is 2.14. The number of rotatable bonds is 4. The summed E-state index contributed by atoms with van der Waals surface area (Å²) in [5.74, 6) is -0.547. The van der Waals surface area contributed by atoms with E-state index in [4.69, 9.17) is 0 Å². The minimum Gasteiger partial charge on any atom is -0.343 e. The molecule has 0 radical (unpaired) electrons. The first-order valence-corrected chi connectivity index (χ1v) is 8.46. The van der Waals surface area contributed by atoms with Crippen molar-refractivity contribution in [3.8, 4) is 0 Å². The van der Waals surface area contributed by atoms with E-state index in [1.165, 1.54) is 0 Å². The molecule has 1 aromatic heterocycles. The lowest BCUT2D eigenvalue weighted by atomic mass is 10.1. The Morgan fingerprint density at radius 2 is 1.65 bits per heavy atom. The molecule has 0 saturated carbocycles. The Balaban J connectivity index is 1.72. The van der Waals surface area contributed by atoms with E-state index >= 15 is 0 Å². The van der Waals surface area contributed by atoms with E-state index < -0.39 is 0 Å². The molecule has 0 aliphatic rings. The fourth-order valence-electron chi connectivity index (χ4n) is 2.95. The lowest BCUT2D eigenvalue weighted by Gasteiger charge is -2.12. The van der Waals surface area contributed by atoms with Crippen LogP contribution in [0.1, 0.15) is 27.2 Å². The third-order valence-electron chi connectivity index (χ3n) is 4.24. The standard InChI is InChI=1S/C21H21N3O2/c1-13-7-6-8-14(2)20(13)24-19(25)12-22-21(26)17-11-15(3)23-18-10-5-4-9-16(17)18/h4-11H,12H2,1-3H3,(H,22,26)(H,24,25). The predicted molar refractivity (Wildman–Crippen MR) is 103 cm³/mol. The lowest BCUT2D eigenvalue weighted by Crippen LogP contribution is -2.33. The summed E-state index contributed by atoms with van der Waals surface area (Å²) in [6, 6.07) is 15.0. The van der Waals surface area contributed by atoms with Crippen molar-refractivity contribution in [2.45, 2.75) is 20.8 Å². The van der Waals surface area contributed by atoms with Crippen LogP contribution in [0.2, 0.25) is 0 Å². The number of para-hydroxylation sites is 2. The second kappa shape index (κ2) is 7.35. The fourth-order valence-corrected chi connectivity index (χ4v) is 2.95. The predicted octanol–water partition coefficient (Wildman–Crippen LogP) is 3.53. The number of carbonyl (C=O) groups is 2. The van der Waals surface area contributed by atoms with Crippen LogP contribution in [-0.2, 0) is 4.79 Å². The van der Waals surface area contributed by atoms with Crippen LogP contribution in [0, 0.1) is 20.8 Å². The molecular weight excluding hydrogens is 326 g/mol. The van der Waals surface area contributed by atoms with Gasteiger partial charge >= 0.3 is 0 Å². The Morgan fingerprint density at radius 3 is 2.38 bits per heavy atom. The van der Waals surface area contributed by atoms with Crippen LogP contribution in [0.15, 0.2) is 48.5 Å². The first kappa shape index (κ1) is 17.6. The Kier molecular flexibility index (Phi) is 4.98. The Bertz CT molecular complexity index is 975. The van der Waals surface area contributed by atoms with Crippen molar-refractivity contribution < 1.29 is 9.59 Å². The van der Waals surface area contributed by atoms with Crippen LogP contribution in [0.5, 0.6) is 0 Å². The summed E-state index contributed by atoms with van der Waals surface area (Å²) in [6.07, 6.45) is 0. The highest BCUT2D eigenvalue weighted by molar-refractivity contribution is 6.07. The van der Waals surface area contributed by atoms with Gasteiger partial charge in [0.2, 0.25) is 5.91 Å². The SMILES string of the molecule is Cc1cc(C(=O)NCC(=O)Nc2c(C)cccc2C)c2ccccc2n1. The molecule has 5 nitrogen and oxygen atoms in total. The molecule has 0 aliphatic carbocycles. The van der Waals surface area contributed by atoms with E-state index in [0.29, 0.717) is 5.56 Å². The molecule has 0 saturated heterocycles. The Hall–Kier alpha value is -3.21. The van der Waals surface area contributed by atoms with Gasteiger partial charge in [-0.25, -0.2) is 0 Å². The van der Waals surface area contributed by atoms with Crippen LogP contribution < -0.4 is 10.6 Å². The number of amides is 2. The zero-order valence-corrected chi connectivity index (χ0v) is 15.1. The van der Waals surface area contributed by atoms with Gasteiger partial charge in [0.05, 0.1) is 17.6 Å². The molecule has 0 atom stereocenters. The van der Waals surface area contributed by atoms with Gasteiger partial charge < -0.3 is 10.6 Å². The first-order chi connectivity index (χ1) is 12.5. The number of fused-ring (bicyclic) bond motifs is 1. The van der Waals surface area contributed by atoms with Crippen molar-refractivity contribution in [1.29, 1.82) is 0 Å². The lowest BCUT2D eigenvalue weighted by molar-refractivity contribution is -0.115. The zero-order chi connectivity index (χ0) is 18.7. The number of hydrogen-bond donors (Lipinski definition) is 2. The summed E-state index contributed by atoms with van der Waals surface area (Å²) in [6.45, 7) is 5.62. The zero-order valence-electron chi connectivity index (χ0n) is 15.1. The van der Waals surface area contributed by atoms with Gasteiger partial charge in [0.25, 0.3) is 5.91 Å². The van der Waals surface area contributed by atoms with Gasteiger partial charge in [0, 0.05) is 16.8 Å². The molecule has 1 heterocycles. The maximum absolute atomic E-state index is 12.6. The number of benzene rings is 2. The number of hydrogen-bond acceptors (Lipinski definition) is 3. The normalized spacial score (nSPS) is 10.6. The van der Waals surface area contributed by atoms with Crippen molar-refractivity contribution >= 4 is 28.4 Å². The maximum Gasteiger partial charge on any atom is 0.252 e. The molecule has 3 rings (SSSR count). The minimum absolute atomic E-state index is 0.0949. The van der Waals surface area contributed by atoms with Crippen LogP contribution >= 0.6 is 0 Å². The molecular formula is C21H21N3O2. The van der Waals surface area contributed by atoms with Gasteiger partial charge in [-0.15, -0.1) is 0 Å². The van der Waals surface area contributed by atoms with Crippen molar-refractivity contribution in [2.24, 2.45) is 0 Å². The molecule has 0 unspecified atom stereocenters. The highest BCUT2D eigenvalue weighted by Crippen LogP contribution is 2.20. The number of aryl methyl sites for hydroxylation is 3. The second-order valence-corrected chi connectivity index (χ2v) is 6.33. The molecule has 5 heteroatoms. The van der Waals surface area contributed by atoms with Gasteiger partial charge in [-0.3, -0.25) is 14.6 Å². The number of nitrogens with zero attached hydrogens (tertiary/aromatic N) is 1. The van der Waals surface area contributed by atoms with Gasteiger partial charge in [0.1, 0.15) is 0 Å². The van der Waals surface area contributed by atoms with E-state index in [1.807, 2.05) is 63.2 Å². The molecule has 0 aliphatic heterocycles.